The predicted molar refractivity (Wildman–Crippen MR) is 164 cm³/mol. The number of aliphatic hydroxyl groups excluding tert-OH is 1. The fraction of sp³-hybridized carbons (Fsp3) is 0.273. The Morgan fingerprint density at radius 2 is 1.83 bits per heavy atom. The van der Waals surface area contributed by atoms with Crippen LogP contribution in [0.1, 0.15) is 65.1 Å². The van der Waals surface area contributed by atoms with Gasteiger partial charge in [-0.3, -0.25) is 14.5 Å². The Labute approximate surface area is 249 Å². The number of thiazole rings is 1. The minimum absolute atomic E-state index is 0.0263. The number of esters is 1. The molecule has 0 aliphatic carbocycles. The van der Waals surface area contributed by atoms with Crippen molar-refractivity contribution in [1.29, 1.82) is 0 Å². The number of amides is 1. The maximum Gasteiger partial charge on any atom is 0.350 e. The molecule has 2 heterocycles. The summed E-state index contributed by atoms with van der Waals surface area (Å²) in [6.07, 6.45) is 8.76. The van der Waals surface area contributed by atoms with E-state index in [1.165, 1.54) is 17.1 Å². The molecule has 9 heteroatoms. The second kappa shape index (κ2) is 14.4. The maximum absolute atomic E-state index is 13.5. The van der Waals surface area contributed by atoms with E-state index in [2.05, 4.69) is 18.5 Å². The Bertz CT molecular complexity index is 1490. The van der Waals surface area contributed by atoms with Crippen molar-refractivity contribution in [3.8, 4) is 5.75 Å². The number of ether oxygens (including phenoxy) is 2. The van der Waals surface area contributed by atoms with Crippen LogP contribution in [0, 0.1) is 6.92 Å². The number of aromatic nitrogens is 1. The Morgan fingerprint density at radius 3 is 2.52 bits per heavy atom. The summed E-state index contributed by atoms with van der Waals surface area (Å²) in [7, 11) is 0. The first-order chi connectivity index (χ1) is 20.3. The molecule has 2 aromatic carbocycles. The highest BCUT2D eigenvalue weighted by molar-refractivity contribution is 7.17. The fourth-order valence-corrected chi connectivity index (χ4v) is 5.52. The summed E-state index contributed by atoms with van der Waals surface area (Å²) in [5.41, 5.74) is 1.66. The van der Waals surface area contributed by atoms with E-state index in [1.54, 1.807) is 37.3 Å². The van der Waals surface area contributed by atoms with Crippen LogP contribution in [0.15, 0.2) is 84.7 Å². The number of hydrogen-bond acceptors (Lipinski definition) is 8. The third kappa shape index (κ3) is 7.03. The van der Waals surface area contributed by atoms with Crippen LogP contribution in [0.3, 0.4) is 0 Å². The van der Waals surface area contributed by atoms with E-state index in [-0.39, 0.29) is 22.2 Å². The molecule has 0 bridgehead atoms. The van der Waals surface area contributed by atoms with Crippen molar-refractivity contribution < 1.29 is 29.0 Å². The van der Waals surface area contributed by atoms with Gasteiger partial charge in [-0.2, -0.15) is 0 Å². The molecule has 0 saturated carbocycles. The van der Waals surface area contributed by atoms with Crippen LogP contribution in [-0.2, 0) is 14.3 Å². The third-order valence-corrected chi connectivity index (χ3v) is 7.81. The Balaban J connectivity index is 1.68. The van der Waals surface area contributed by atoms with E-state index >= 15 is 0 Å². The minimum Gasteiger partial charge on any atom is -0.503 e. The van der Waals surface area contributed by atoms with E-state index in [0.717, 1.165) is 42.6 Å². The zero-order chi connectivity index (χ0) is 30.1. The van der Waals surface area contributed by atoms with Crippen LogP contribution in [0.2, 0.25) is 0 Å². The van der Waals surface area contributed by atoms with Crippen molar-refractivity contribution in [2.75, 3.05) is 18.1 Å². The molecule has 1 aliphatic rings. The van der Waals surface area contributed by atoms with Crippen LogP contribution in [0.5, 0.6) is 5.75 Å². The zero-order valence-corrected chi connectivity index (χ0v) is 24.6. The quantitative estimate of drug-likeness (QED) is 0.0944. The number of unbranched alkanes of at least 4 members (excludes halogenated alkanes) is 3. The Morgan fingerprint density at radius 1 is 1.10 bits per heavy atom. The molecule has 0 saturated heterocycles. The molecule has 1 aliphatic heterocycles. The number of anilines is 1. The first-order valence-corrected chi connectivity index (χ1v) is 14.7. The summed E-state index contributed by atoms with van der Waals surface area (Å²) in [4.78, 5) is 45.5. The van der Waals surface area contributed by atoms with Gasteiger partial charge in [0.1, 0.15) is 17.2 Å². The lowest BCUT2D eigenvalue weighted by Crippen LogP contribution is -2.30. The molecule has 1 N–H and O–H groups in total. The lowest BCUT2D eigenvalue weighted by atomic mass is 9.95. The SMILES string of the molecule is C=CCOC(=O)c1sc(N2C(=O)C(O)=C(C(=O)/C=C/c3ccccc3)C2c2ccc(OCCCCCC)cc2)nc1C. The summed E-state index contributed by atoms with van der Waals surface area (Å²) in [5, 5.41) is 11.2. The lowest BCUT2D eigenvalue weighted by molar-refractivity contribution is -0.117. The smallest absolute Gasteiger partial charge is 0.350 e. The molecular weight excluding hydrogens is 552 g/mol. The molecule has 1 atom stereocenters. The highest BCUT2D eigenvalue weighted by Gasteiger charge is 2.45. The van der Waals surface area contributed by atoms with Gasteiger partial charge >= 0.3 is 5.97 Å². The van der Waals surface area contributed by atoms with Crippen molar-refractivity contribution in [2.24, 2.45) is 0 Å². The van der Waals surface area contributed by atoms with Gasteiger partial charge in [0.25, 0.3) is 5.91 Å². The average molecular weight is 587 g/mol. The van der Waals surface area contributed by atoms with E-state index in [0.29, 0.717) is 23.6 Å². The second-order valence-corrected chi connectivity index (χ2v) is 10.7. The molecule has 0 fully saturated rings. The zero-order valence-electron chi connectivity index (χ0n) is 23.7. The number of ketones is 1. The van der Waals surface area contributed by atoms with Gasteiger partial charge in [0, 0.05) is 0 Å². The van der Waals surface area contributed by atoms with E-state index in [4.69, 9.17) is 9.47 Å². The first-order valence-electron chi connectivity index (χ1n) is 13.9. The van der Waals surface area contributed by atoms with Crippen LogP contribution in [-0.4, -0.2) is 41.0 Å². The van der Waals surface area contributed by atoms with Gasteiger partial charge < -0.3 is 14.6 Å². The summed E-state index contributed by atoms with van der Waals surface area (Å²) in [5.74, 6) is -1.91. The van der Waals surface area contributed by atoms with Crippen molar-refractivity contribution >= 4 is 40.2 Å². The highest BCUT2D eigenvalue weighted by atomic mass is 32.1. The Hall–Kier alpha value is -4.50. The maximum atomic E-state index is 13.5. The normalized spacial score (nSPS) is 15.0. The number of nitrogens with zero attached hydrogens (tertiary/aromatic N) is 2. The number of hydrogen-bond donors (Lipinski definition) is 1. The number of carbonyl (C=O) groups excluding carboxylic acids is 3. The molecule has 0 spiro atoms. The van der Waals surface area contributed by atoms with Crippen LogP contribution >= 0.6 is 11.3 Å². The number of carbonyl (C=O) groups is 3. The van der Waals surface area contributed by atoms with Gasteiger partial charge in [0.2, 0.25) is 0 Å². The Kier molecular flexibility index (Phi) is 10.4. The molecular formula is C33H34N2O6S. The van der Waals surface area contributed by atoms with Gasteiger partial charge in [-0.25, -0.2) is 9.78 Å². The third-order valence-electron chi connectivity index (χ3n) is 6.67. The van der Waals surface area contributed by atoms with Crippen molar-refractivity contribution in [1.82, 2.24) is 4.98 Å². The standard InChI is InChI=1S/C33H34N2O6S/c1-4-6-7-11-21-40-25-17-15-24(16-18-25)28-27(26(36)19-14-23-12-9-8-10-13-23)29(37)31(38)35(28)33-34-22(3)30(42-33)32(39)41-20-5-2/h5,8-10,12-19,28,37H,2,4,6-7,11,20-21H2,1,3H3/b19-14+. The molecule has 8 nitrogen and oxygen atoms in total. The second-order valence-electron chi connectivity index (χ2n) is 9.72. The number of aliphatic hydroxyl groups is 1. The summed E-state index contributed by atoms with van der Waals surface area (Å²) >= 11 is 0.958. The van der Waals surface area contributed by atoms with E-state index in [1.807, 2.05) is 30.3 Å². The minimum atomic E-state index is -0.980. The molecule has 1 aromatic heterocycles. The molecule has 3 aromatic rings. The van der Waals surface area contributed by atoms with Crippen LogP contribution < -0.4 is 9.64 Å². The molecule has 1 amide bonds. The number of allylic oxidation sites excluding steroid dienone is 1. The molecule has 4 rings (SSSR count). The van der Waals surface area contributed by atoms with Crippen molar-refractivity contribution in [2.45, 2.75) is 45.6 Å². The number of aryl methyl sites for hydroxylation is 1. The monoisotopic (exact) mass is 586 g/mol. The number of benzene rings is 2. The van der Waals surface area contributed by atoms with E-state index < -0.39 is 29.5 Å². The first kappa shape index (κ1) is 30.5. The topological polar surface area (TPSA) is 106 Å². The summed E-state index contributed by atoms with van der Waals surface area (Å²) < 4.78 is 11.0. The van der Waals surface area contributed by atoms with Gasteiger partial charge in [-0.15, -0.1) is 0 Å². The largest absolute Gasteiger partial charge is 0.503 e. The van der Waals surface area contributed by atoms with Gasteiger partial charge in [0.05, 0.1) is 23.9 Å². The number of rotatable bonds is 14. The van der Waals surface area contributed by atoms with Gasteiger partial charge in [-0.1, -0.05) is 98.7 Å². The summed E-state index contributed by atoms with van der Waals surface area (Å²) in [6.45, 7) is 7.95. The van der Waals surface area contributed by atoms with Crippen molar-refractivity contribution in [3.05, 3.63) is 106 Å². The lowest BCUT2D eigenvalue weighted by Gasteiger charge is -2.24. The fourth-order valence-electron chi connectivity index (χ4n) is 4.54. The van der Waals surface area contributed by atoms with Crippen LogP contribution in [0.4, 0.5) is 5.13 Å². The average Bonchev–Trinajstić information content (AvgIpc) is 3.51. The molecule has 42 heavy (non-hydrogen) atoms. The van der Waals surface area contributed by atoms with Gasteiger partial charge in [-0.05, 0) is 42.7 Å². The van der Waals surface area contributed by atoms with Gasteiger partial charge in [0.15, 0.2) is 16.7 Å². The van der Waals surface area contributed by atoms with Crippen molar-refractivity contribution in [3.63, 3.8) is 0 Å². The predicted octanol–water partition coefficient (Wildman–Crippen LogP) is 6.94. The molecule has 218 valence electrons. The highest BCUT2D eigenvalue weighted by Crippen LogP contribution is 2.43. The van der Waals surface area contributed by atoms with Crippen LogP contribution in [0.25, 0.3) is 6.08 Å². The summed E-state index contributed by atoms with van der Waals surface area (Å²) in [6, 6.07) is 15.3. The van der Waals surface area contributed by atoms with E-state index in [9.17, 15) is 19.5 Å². The molecule has 1 unspecified atom stereocenters. The molecule has 0 radical (unpaired) electrons.